The quantitative estimate of drug-likeness (QED) is 0.0805. The van der Waals surface area contributed by atoms with Crippen LogP contribution in [0.15, 0.2) is 97.6 Å². The molecule has 0 saturated carbocycles. The number of methoxy groups -OCH3 is 2. The molecule has 20 heteroatoms. The number of hydrogen-bond donors (Lipinski definition) is 2. The first-order valence-corrected chi connectivity index (χ1v) is 19.1. The molecule has 0 unspecified atom stereocenters. The van der Waals surface area contributed by atoms with E-state index >= 15 is 0 Å². The van der Waals surface area contributed by atoms with Crippen molar-refractivity contribution < 1.29 is 36.5 Å². The Hall–Kier alpha value is -4.54. The van der Waals surface area contributed by atoms with Crippen LogP contribution in [0.2, 0.25) is 25.2 Å². The number of halogens is 10. The van der Waals surface area contributed by atoms with Crippen molar-refractivity contribution in [3.63, 3.8) is 0 Å². The maximum Gasteiger partial charge on any atom is 0.282 e. The standard InChI is InChI=1S/C20H17Cl2F2N3O2.C15H16ClNO2.C5H2Cl2F2N2.ClH/c1-28-16-10-12(2-7-15(16)29-14-5-3-13(21)4-6-14)8-9-25-20-17(22)18(19(23)24)26-11-27-20;1-18-15-10-11(8-9-17)2-7-14(15)19-13-5-3-12(16)4-6-13;6-2-3(5(8)9)10-1-11-4(2)7;/h2-7,10-11,19H,8-9H2,1H3,(H,25,26,27);2-7,10H,8-9,17H2,1H3;1,5H;1H. The van der Waals surface area contributed by atoms with Crippen molar-refractivity contribution in [3.8, 4) is 34.5 Å². The van der Waals surface area contributed by atoms with Crippen LogP contribution >= 0.6 is 70.4 Å². The van der Waals surface area contributed by atoms with E-state index in [1.54, 1.807) is 56.7 Å². The molecule has 10 nitrogen and oxygen atoms in total. The summed E-state index contributed by atoms with van der Waals surface area (Å²) >= 11 is 28.3. The number of ether oxygens (including phenoxy) is 4. The molecular weight excluding hydrogens is 917 g/mol. The summed E-state index contributed by atoms with van der Waals surface area (Å²) < 4.78 is 72.0. The third-order valence-corrected chi connectivity index (χ3v) is 9.31. The number of hydrogen-bond acceptors (Lipinski definition) is 10. The Morgan fingerprint density at radius 3 is 1.47 bits per heavy atom. The largest absolute Gasteiger partial charge is 0.493 e. The van der Waals surface area contributed by atoms with E-state index in [-0.39, 0.29) is 33.4 Å². The average Bonchev–Trinajstić information content (AvgIpc) is 3.22. The summed E-state index contributed by atoms with van der Waals surface area (Å²) in [6.45, 7) is 1.04. The molecule has 0 atom stereocenters. The van der Waals surface area contributed by atoms with Gasteiger partial charge in [-0.25, -0.2) is 37.5 Å². The second kappa shape index (κ2) is 25.3. The number of nitrogens with zero attached hydrogens (tertiary/aromatic N) is 4. The van der Waals surface area contributed by atoms with Crippen molar-refractivity contribution in [3.05, 3.63) is 145 Å². The molecule has 2 aromatic heterocycles. The highest BCUT2D eigenvalue weighted by Crippen LogP contribution is 2.35. The van der Waals surface area contributed by atoms with Gasteiger partial charge in [-0.05, 0) is 103 Å². The Morgan fingerprint density at radius 2 is 1.03 bits per heavy atom. The van der Waals surface area contributed by atoms with Gasteiger partial charge in [-0.15, -0.1) is 12.4 Å². The molecule has 0 amide bonds. The zero-order chi connectivity index (χ0) is 42.9. The van der Waals surface area contributed by atoms with Crippen LogP contribution < -0.4 is 30.0 Å². The third kappa shape index (κ3) is 15.2. The van der Waals surface area contributed by atoms with Crippen LogP contribution in [0.3, 0.4) is 0 Å². The number of benzene rings is 4. The molecule has 4 aromatic carbocycles. The molecule has 0 spiro atoms. The lowest BCUT2D eigenvalue weighted by Gasteiger charge is -2.13. The van der Waals surface area contributed by atoms with Gasteiger partial charge in [-0.2, -0.15) is 0 Å². The van der Waals surface area contributed by atoms with Crippen molar-refractivity contribution in [2.24, 2.45) is 5.73 Å². The van der Waals surface area contributed by atoms with Crippen molar-refractivity contribution in [2.45, 2.75) is 25.7 Å². The molecule has 60 heavy (non-hydrogen) atoms. The monoisotopic (exact) mass is 950 g/mol. The second-order valence-corrected chi connectivity index (χ2v) is 13.7. The lowest BCUT2D eigenvalue weighted by Crippen LogP contribution is -2.08. The topological polar surface area (TPSA) is 127 Å². The van der Waals surface area contributed by atoms with Crippen LogP contribution in [-0.4, -0.2) is 47.2 Å². The van der Waals surface area contributed by atoms with E-state index in [2.05, 4.69) is 25.3 Å². The Labute approximate surface area is 374 Å². The molecule has 6 rings (SSSR count). The maximum absolute atomic E-state index is 12.9. The lowest BCUT2D eigenvalue weighted by atomic mass is 10.1. The molecule has 0 aliphatic carbocycles. The van der Waals surface area contributed by atoms with Crippen molar-refractivity contribution in [2.75, 3.05) is 32.6 Å². The van der Waals surface area contributed by atoms with Gasteiger partial charge in [0, 0.05) is 16.6 Å². The fraction of sp³-hybridized carbons (Fsp3) is 0.200. The minimum absolute atomic E-state index is 0. The minimum Gasteiger partial charge on any atom is -0.493 e. The summed E-state index contributed by atoms with van der Waals surface area (Å²) in [6, 6.07) is 25.6. The Balaban J connectivity index is 0.000000265. The van der Waals surface area contributed by atoms with Crippen LogP contribution in [0.1, 0.15) is 35.4 Å². The van der Waals surface area contributed by atoms with Gasteiger partial charge in [0.2, 0.25) is 0 Å². The van der Waals surface area contributed by atoms with Gasteiger partial charge in [-0.1, -0.05) is 70.1 Å². The summed E-state index contributed by atoms with van der Waals surface area (Å²) in [4.78, 5) is 14.1. The maximum atomic E-state index is 12.9. The van der Waals surface area contributed by atoms with Crippen molar-refractivity contribution >= 4 is 76.2 Å². The van der Waals surface area contributed by atoms with Gasteiger partial charge in [-0.3, -0.25) is 0 Å². The lowest BCUT2D eigenvalue weighted by molar-refractivity contribution is 0.145. The third-order valence-electron chi connectivity index (χ3n) is 7.68. The molecule has 0 bridgehead atoms. The average molecular weight is 953 g/mol. The Bertz CT molecular complexity index is 2250. The van der Waals surface area contributed by atoms with Crippen LogP contribution in [0.4, 0.5) is 23.4 Å². The zero-order valence-electron chi connectivity index (χ0n) is 31.5. The van der Waals surface area contributed by atoms with E-state index in [4.69, 9.17) is 82.7 Å². The first-order valence-electron chi connectivity index (χ1n) is 17.2. The van der Waals surface area contributed by atoms with Gasteiger partial charge >= 0.3 is 0 Å². The molecule has 6 aromatic rings. The summed E-state index contributed by atoms with van der Waals surface area (Å²) in [5, 5.41) is 3.64. The van der Waals surface area contributed by atoms with Crippen LogP contribution in [-0.2, 0) is 12.8 Å². The fourth-order valence-electron chi connectivity index (χ4n) is 4.83. The molecule has 2 heterocycles. The van der Waals surface area contributed by atoms with Gasteiger partial charge < -0.3 is 30.0 Å². The first kappa shape index (κ1) is 49.8. The smallest absolute Gasteiger partial charge is 0.282 e. The number of anilines is 1. The SMILES string of the molecule is COc1cc(CCN)ccc1Oc1ccc(Cl)cc1.COc1cc(CCNc2ncnc(C(F)F)c2Cl)ccc1Oc1ccc(Cl)cc1.Cl.FC(F)c1ncnc(Cl)c1Cl. The van der Waals surface area contributed by atoms with E-state index in [0.717, 1.165) is 30.2 Å². The number of alkyl halides is 4. The van der Waals surface area contributed by atoms with Crippen LogP contribution in [0, 0.1) is 0 Å². The van der Waals surface area contributed by atoms with E-state index in [9.17, 15) is 17.6 Å². The molecule has 0 saturated heterocycles. The summed E-state index contributed by atoms with van der Waals surface area (Å²) in [6.07, 6.45) is -2.08. The van der Waals surface area contributed by atoms with Gasteiger partial charge in [0.1, 0.15) is 51.4 Å². The highest BCUT2D eigenvalue weighted by atomic mass is 35.5. The number of nitrogens with one attached hydrogen (secondary N) is 1. The highest BCUT2D eigenvalue weighted by Gasteiger charge is 2.18. The van der Waals surface area contributed by atoms with Gasteiger partial charge in [0.25, 0.3) is 12.9 Å². The van der Waals surface area contributed by atoms with Gasteiger partial charge in [0.05, 0.1) is 14.2 Å². The Kier molecular flexibility index (Phi) is 21.0. The van der Waals surface area contributed by atoms with E-state index in [1.807, 2.05) is 42.5 Å². The summed E-state index contributed by atoms with van der Waals surface area (Å²) in [7, 11) is 3.18. The molecule has 320 valence electrons. The fourth-order valence-corrected chi connectivity index (χ4v) is 5.65. The molecule has 3 N–H and O–H groups in total. The number of aromatic nitrogens is 4. The number of nitrogens with two attached hydrogens (primary N) is 1. The zero-order valence-corrected chi connectivity index (χ0v) is 36.1. The van der Waals surface area contributed by atoms with Gasteiger partial charge in [0.15, 0.2) is 28.2 Å². The van der Waals surface area contributed by atoms with Crippen molar-refractivity contribution in [1.82, 2.24) is 19.9 Å². The minimum atomic E-state index is -2.76. The summed E-state index contributed by atoms with van der Waals surface area (Å²) in [5.74, 6) is 4.02. The molecule has 0 radical (unpaired) electrons. The van der Waals surface area contributed by atoms with Crippen LogP contribution in [0.5, 0.6) is 34.5 Å². The highest BCUT2D eigenvalue weighted by molar-refractivity contribution is 6.41. The molecule has 0 fully saturated rings. The molecular formula is C40H36Cl6F4N6O4. The summed E-state index contributed by atoms with van der Waals surface area (Å²) in [5.41, 5.74) is 6.60. The number of rotatable bonds is 14. The first-order chi connectivity index (χ1) is 28.3. The molecule has 0 aliphatic heterocycles. The predicted octanol–water partition coefficient (Wildman–Crippen LogP) is 13.0. The molecule has 0 aliphatic rings. The van der Waals surface area contributed by atoms with E-state index < -0.39 is 24.2 Å². The Morgan fingerprint density at radius 1 is 0.583 bits per heavy atom. The van der Waals surface area contributed by atoms with Crippen molar-refractivity contribution in [1.29, 1.82) is 0 Å². The second-order valence-electron chi connectivity index (χ2n) is 11.7. The van der Waals surface area contributed by atoms with Crippen LogP contribution in [0.25, 0.3) is 0 Å². The predicted molar refractivity (Wildman–Crippen MR) is 230 cm³/mol. The normalized spacial score (nSPS) is 10.4. The van der Waals surface area contributed by atoms with E-state index in [1.165, 1.54) is 0 Å². The van der Waals surface area contributed by atoms with E-state index in [0.29, 0.717) is 64.1 Å².